The molecule has 4 rings (SSSR count). The average molecular weight is 396 g/mol. The Morgan fingerprint density at radius 2 is 2.08 bits per heavy atom. The number of unbranched alkanes of at least 4 members (excludes halogenated alkanes) is 1. The van der Waals surface area contributed by atoms with E-state index in [-0.39, 0.29) is 0 Å². The summed E-state index contributed by atoms with van der Waals surface area (Å²) in [7, 11) is 0. The molecule has 0 fully saturated rings. The van der Waals surface area contributed by atoms with Crippen LogP contribution in [0.3, 0.4) is 0 Å². The Morgan fingerprint density at radius 1 is 1.21 bits per heavy atom. The third kappa shape index (κ3) is 2.88. The maximum atomic E-state index is 2.61. The summed E-state index contributed by atoms with van der Waals surface area (Å²) in [5.74, 6) is 0. The summed E-state index contributed by atoms with van der Waals surface area (Å²) in [6.45, 7) is 7.08. The van der Waals surface area contributed by atoms with Crippen LogP contribution in [0, 0.1) is 6.92 Å². The van der Waals surface area contributed by atoms with E-state index in [1.807, 2.05) is 3.28 Å². The van der Waals surface area contributed by atoms with Crippen molar-refractivity contribution in [2.45, 2.75) is 69.3 Å². The topological polar surface area (TPSA) is 0 Å². The predicted molar refractivity (Wildman–Crippen MR) is 99.9 cm³/mol. The Morgan fingerprint density at radius 3 is 2.92 bits per heavy atom. The second kappa shape index (κ2) is 6.91. The van der Waals surface area contributed by atoms with E-state index in [1.54, 1.807) is 39.0 Å². The van der Waals surface area contributed by atoms with Crippen molar-refractivity contribution in [2.75, 3.05) is 0 Å². The fourth-order valence-electron chi connectivity index (χ4n) is 4.66. The van der Waals surface area contributed by atoms with Crippen LogP contribution in [0.2, 0.25) is 0 Å². The Hall–Kier alpha value is -0.677. The molecule has 0 saturated heterocycles. The molecular weight excluding hydrogens is 367 g/mol. The molecule has 0 aliphatic heterocycles. The van der Waals surface area contributed by atoms with Gasteiger partial charge in [-0.05, 0) is 0 Å². The van der Waals surface area contributed by atoms with Crippen molar-refractivity contribution in [1.82, 2.24) is 0 Å². The molecule has 0 aromatic heterocycles. The third-order valence-corrected chi connectivity index (χ3v) is 10.8. The number of aryl methyl sites for hydroxylation is 1. The number of hydrogen-bond acceptors (Lipinski definition) is 0. The molecule has 0 saturated carbocycles. The molecule has 1 heteroatoms. The van der Waals surface area contributed by atoms with Crippen LogP contribution in [0.15, 0.2) is 32.6 Å². The van der Waals surface area contributed by atoms with Crippen LogP contribution >= 0.6 is 0 Å². The van der Waals surface area contributed by atoms with E-state index in [4.69, 9.17) is 0 Å². The van der Waals surface area contributed by atoms with Crippen molar-refractivity contribution in [1.29, 1.82) is 0 Å². The van der Waals surface area contributed by atoms with Crippen molar-refractivity contribution >= 4 is 6.08 Å². The van der Waals surface area contributed by atoms with Crippen LogP contribution in [0.4, 0.5) is 0 Å². The quantitative estimate of drug-likeness (QED) is 0.539. The first kappa shape index (κ1) is 16.8. The van der Waals surface area contributed by atoms with Gasteiger partial charge in [0.1, 0.15) is 0 Å². The Balaban J connectivity index is 1.65. The van der Waals surface area contributed by atoms with Crippen molar-refractivity contribution in [3.05, 3.63) is 60.5 Å². The Bertz CT molecular complexity index is 761. The molecule has 0 amide bonds. The van der Waals surface area contributed by atoms with Crippen molar-refractivity contribution < 1.29 is 23.2 Å². The zero-order valence-electron chi connectivity index (χ0n) is 15.3. The van der Waals surface area contributed by atoms with E-state index in [0.29, 0.717) is 0 Å². The molecule has 0 bridgehead atoms. The van der Waals surface area contributed by atoms with E-state index in [9.17, 15) is 0 Å². The number of fused-ring (bicyclic) bond motifs is 2. The summed E-state index contributed by atoms with van der Waals surface area (Å²) < 4.78 is 2.66. The van der Waals surface area contributed by atoms with E-state index in [1.165, 1.54) is 44.9 Å². The SMILES string of the molecule is CCCCC1=[C]([Zr][CH]2C(C)=Cc3c2cc2c(c3C)CCC2)CC=C1. The zero-order chi connectivity index (χ0) is 16.7. The average Bonchev–Trinajstić information content (AvgIpc) is 3.27. The number of benzene rings is 1. The van der Waals surface area contributed by atoms with Crippen LogP contribution in [0.5, 0.6) is 0 Å². The summed E-state index contributed by atoms with van der Waals surface area (Å²) in [6, 6.07) is 2.61. The van der Waals surface area contributed by atoms with Crippen LogP contribution < -0.4 is 0 Å². The number of allylic oxidation sites excluding steroid dienone is 5. The van der Waals surface area contributed by atoms with Gasteiger partial charge in [-0.3, -0.25) is 0 Å². The molecule has 3 aliphatic carbocycles. The molecule has 0 radical (unpaired) electrons. The molecule has 24 heavy (non-hydrogen) atoms. The molecule has 1 aromatic rings. The van der Waals surface area contributed by atoms with Gasteiger partial charge in [0.05, 0.1) is 0 Å². The van der Waals surface area contributed by atoms with Gasteiger partial charge < -0.3 is 0 Å². The van der Waals surface area contributed by atoms with Gasteiger partial charge >= 0.3 is 159 Å². The molecule has 0 N–H and O–H groups in total. The standard InChI is InChI=1S/C14H15.C9H13.Zr/c1-9-6-12-8-11-4-3-5-13(11)10(2)14(12)7-9;1-2-3-6-9-7-4-5-8-9;/h6-8H,3-5H2,1-2H3;4,7H,2-3,5-6H2,1H3;. The maximum absolute atomic E-state index is 2.61. The minimum absolute atomic E-state index is 0.583. The van der Waals surface area contributed by atoms with Crippen LogP contribution in [0.25, 0.3) is 6.08 Å². The molecular formula is C23H28Zr. The van der Waals surface area contributed by atoms with Gasteiger partial charge in [0, 0.05) is 0 Å². The van der Waals surface area contributed by atoms with E-state index < -0.39 is 23.2 Å². The summed E-state index contributed by atoms with van der Waals surface area (Å²) in [5, 5.41) is 0. The molecule has 1 atom stereocenters. The third-order valence-electron chi connectivity index (χ3n) is 6.04. The molecule has 1 aromatic carbocycles. The number of hydrogen-bond donors (Lipinski definition) is 0. The van der Waals surface area contributed by atoms with Crippen molar-refractivity contribution in [3.8, 4) is 0 Å². The van der Waals surface area contributed by atoms with Gasteiger partial charge in [-0.2, -0.15) is 0 Å². The predicted octanol–water partition coefficient (Wildman–Crippen LogP) is 6.43. The van der Waals surface area contributed by atoms with Gasteiger partial charge in [-0.25, -0.2) is 0 Å². The molecule has 1 unspecified atom stereocenters. The normalized spacial score (nSPS) is 21.3. The minimum atomic E-state index is -0.583. The molecule has 3 aliphatic rings. The molecule has 124 valence electrons. The summed E-state index contributed by atoms with van der Waals surface area (Å²) in [6.07, 6.45) is 16.6. The van der Waals surface area contributed by atoms with Gasteiger partial charge in [-0.15, -0.1) is 0 Å². The number of rotatable bonds is 5. The molecule has 0 nitrogen and oxygen atoms in total. The van der Waals surface area contributed by atoms with Gasteiger partial charge in [0.2, 0.25) is 0 Å². The van der Waals surface area contributed by atoms with Crippen molar-refractivity contribution in [3.63, 3.8) is 0 Å². The fraction of sp³-hybridized carbons (Fsp3) is 0.478. The van der Waals surface area contributed by atoms with E-state index in [2.05, 4.69) is 45.1 Å². The Kier molecular flexibility index (Phi) is 4.83. The van der Waals surface area contributed by atoms with Gasteiger partial charge in [-0.1, -0.05) is 0 Å². The first-order valence-electron chi connectivity index (χ1n) is 9.67. The van der Waals surface area contributed by atoms with Crippen LogP contribution in [0.1, 0.15) is 77.4 Å². The van der Waals surface area contributed by atoms with E-state index >= 15 is 0 Å². The fourth-order valence-corrected chi connectivity index (χ4v) is 8.79. The summed E-state index contributed by atoms with van der Waals surface area (Å²) >= 11 is -0.583. The second-order valence-electron chi connectivity index (χ2n) is 7.68. The monoisotopic (exact) mass is 394 g/mol. The summed E-state index contributed by atoms with van der Waals surface area (Å²) in [4.78, 5) is 0. The zero-order valence-corrected chi connectivity index (χ0v) is 17.8. The van der Waals surface area contributed by atoms with E-state index in [0.717, 1.165) is 3.63 Å². The van der Waals surface area contributed by atoms with Crippen LogP contribution in [-0.2, 0) is 36.1 Å². The summed E-state index contributed by atoms with van der Waals surface area (Å²) in [5.41, 5.74) is 11.6. The second-order valence-corrected chi connectivity index (χ2v) is 11.3. The van der Waals surface area contributed by atoms with Crippen molar-refractivity contribution in [2.24, 2.45) is 0 Å². The molecule has 0 spiro atoms. The van der Waals surface area contributed by atoms with Crippen LogP contribution in [-0.4, -0.2) is 0 Å². The molecule has 0 heterocycles. The first-order chi connectivity index (χ1) is 11.7. The van der Waals surface area contributed by atoms with Gasteiger partial charge in [0.15, 0.2) is 0 Å². The first-order valence-corrected chi connectivity index (χ1v) is 12.3. The van der Waals surface area contributed by atoms with Gasteiger partial charge in [0.25, 0.3) is 0 Å². The Labute approximate surface area is 158 Å².